The lowest BCUT2D eigenvalue weighted by Crippen LogP contribution is -2.32. The van der Waals surface area contributed by atoms with Gasteiger partial charge in [0.2, 0.25) is 0 Å². The molecular formula is C34H35Cl2N7O3. The number of piperidine rings is 1. The van der Waals surface area contributed by atoms with Gasteiger partial charge in [-0.3, -0.25) is 4.79 Å². The van der Waals surface area contributed by atoms with E-state index in [1.165, 1.54) is 26.1 Å². The average Bonchev–Trinajstić information content (AvgIpc) is 3.57. The van der Waals surface area contributed by atoms with E-state index in [0.717, 1.165) is 43.4 Å². The molecule has 12 heteroatoms. The molecule has 0 saturated carbocycles. The largest absolute Gasteiger partial charge is 0.495 e. The summed E-state index contributed by atoms with van der Waals surface area (Å²) < 4.78 is 12.7. The Labute approximate surface area is 277 Å². The number of hydrogen-bond acceptors (Lipinski definition) is 8. The third-order valence-electron chi connectivity index (χ3n) is 8.52. The summed E-state index contributed by atoms with van der Waals surface area (Å²) in [7, 11) is 3.06. The second kappa shape index (κ2) is 13.2. The van der Waals surface area contributed by atoms with Gasteiger partial charge in [-0.05, 0) is 69.1 Å². The monoisotopic (exact) mass is 659 g/mol. The van der Waals surface area contributed by atoms with Crippen molar-refractivity contribution in [3.63, 3.8) is 0 Å². The van der Waals surface area contributed by atoms with Crippen LogP contribution in [-0.4, -0.2) is 64.2 Å². The maximum Gasteiger partial charge on any atom is 0.250 e. The number of halogens is 2. The summed E-state index contributed by atoms with van der Waals surface area (Å²) in [5.41, 5.74) is 5.46. The number of hydrogen-bond donors (Lipinski definition) is 2. The molecule has 238 valence electrons. The van der Waals surface area contributed by atoms with Crippen molar-refractivity contribution >= 4 is 62.9 Å². The fraction of sp³-hybridized carbons (Fsp3) is 0.294. The van der Waals surface area contributed by atoms with Crippen molar-refractivity contribution in [1.29, 1.82) is 0 Å². The van der Waals surface area contributed by atoms with Crippen LogP contribution in [0, 0.1) is 0 Å². The molecule has 2 N–H and O–H groups in total. The van der Waals surface area contributed by atoms with Crippen LogP contribution in [0.2, 0.25) is 10.0 Å². The van der Waals surface area contributed by atoms with Gasteiger partial charge in [-0.15, -0.1) is 0 Å². The number of nitrogens with zero attached hydrogens (tertiary/aromatic N) is 5. The van der Waals surface area contributed by atoms with Crippen molar-refractivity contribution in [2.24, 2.45) is 0 Å². The Morgan fingerprint density at radius 3 is 2.39 bits per heavy atom. The van der Waals surface area contributed by atoms with E-state index in [2.05, 4.69) is 51.3 Å². The predicted octanol–water partition coefficient (Wildman–Crippen LogP) is 7.73. The summed E-state index contributed by atoms with van der Waals surface area (Å²) in [5, 5.41) is 12.4. The molecule has 10 nitrogen and oxygen atoms in total. The zero-order valence-corrected chi connectivity index (χ0v) is 27.7. The van der Waals surface area contributed by atoms with Crippen molar-refractivity contribution in [3.8, 4) is 22.6 Å². The number of carbonyl (C=O) groups is 1. The first-order valence-electron chi connectivity index (χ1n) is 15.0. The van der Waals surface area contributed by atoms with Crippen LogP contribution in [0.1, 0.15) is 38.2 Å². The Balaban J connectivity index is 1.39. The van der Waals surface area contributed by atoms with Gasteiger partial charge >= 0.3 is 0 Å². The SMILES string of the molecule is C=C(C)C(=O)Nc1cc(C2CCN(CC)CC2)ccc1Nc1cc2c(cn1)cc(-c1c(Cl)c(OC)cc(OC)c1Cl)c1ncnn12. The van der Waals surface area contributed by atoms with Gasteiger partial charge in [0, 0.05) is 40.4 Å². The highest BCUT2D eigenvalue weighted by Gasteiger charge is 2.24. The Bertz CT molecular complexity index is 1940. The Morgan fingerprint density at radius 1 is 1.02 bits per heavy atom. The Hall–Kier alpha value is -4.38. The van der Waals surface area contributed by atoms with Gasteiger partial charge in [0.05, 0.1) is 41.2 Å². The van der Waals surface area contributed by atoms with Gasteiger partial charge in [-0.1, -0.05) is 42.8 Å². The third kappa shape index (κ3) is 5.95. The minimum Gasteiger partial charge on any atom is -0.495 e. The highest BCUT2D eigenvalue weighted by Crippen LogP contribution is 2.47. The molecule has 0 bridgehead atoms. The van der Waals surface area contributed by atoms with Gasteiger partial charge < -0.3 is 25.0 Å². The smallest absolute Gasteiger partial charge is 0.250 e. The topological polar surface area (TPSA) is 106 Å². The number of carbonyl (C=O) groups excluding carboxylic acids is 1. The summed E-state index contributed by atoms with van der Waals surface area (Å²) >= 11 is 13.5. The second-order valence-corrected chi connectivity index (χ2v) is 12.1. The Kier molecular flexibility index (Phi) is 9.04. The van der Waals surface area contributed by atoms with Crippen LogP contribution >= 0.6 is 23.2 Å². The lowest BCUT2D eigenvalue weighted by molar-refractivity contribution is -0.112. The van der Waals surface area contributed by atoms with E-state index in [1.54, 1.807) is 23.7 Å². The number of anilines is 3. The molecule has 2 aromatic carbocycles. The van der Waals surface area contributed by atoms with Crippen molar-refractivity contribution in [2.45, 2.75) is 32.6 Å². The molecule has 1 amide bonds. The van der Waals surface area contributed by atoms with Crippen LogP contribution in [0.4, 0.5) is 17.2 Å². The first kappa shape index (κ1) is 31.6. The fourth-order valence-electron chi connectivity index (χ4n) is 5.92. The van der Waals surface area contributed by atoms with Crippen LogP contribution in [0.5, 0.6) is 11.5 Å². The maximum absolute atomic E-state index is 12.7. The minimum atomic E-state index is -0.240. The standard InChI is InChI=1S/C34H35Cl2N7O3/c1-6-42-11-9-20(10-12-42)21-7-8-24(25(14-21)41-34(44)19(2)3)40-29-15-26-22(17-37-29)13-23(33-38-18-39-43(26)33)30-31(35)27(45-4)16-28(46-5)32(30)36/h7-8,13-18,20H,2,6,9-12H2,1,3-5H3,(H,37,40)(H,41,44). The van der Waals surface area contributed by atoms with Crippen molar-refractivity contribution in [1.82, 2.24) is 24.5 Å². The lowest BCUT2D eigenvalue weighted by Gasteiger charge is -2.31. The molecule has 0 unspecified atom stereocenters. The summed E-state index contributed by atoms with van der Waals surface area (Å²) in [6, 6.07) is 11.6. The molecule has 4 heterocycles. The summed E-state index contributed by atoms with van der Waals surface area (Å²) in [6.45, 7) is 10.9. The first-order valence-corrected chi connectivity index (χ1v) is 15.8. The number of methoxy groups -OCH3 is 2. The van der Waals surface area contributed by atoms with Crippen LogP contribution in [0.25, 0.3) is 27.7 Å². The molecule has 3 aromatic heterocycles. The number of ether oxygens (including phenoxy) is 2. The number of likely N-dealkylation sites (tertiary alicyclic amines) is 1. The minimum absolute atomic E-state index is 0.240. The molecular weight excluding hydrogens is 625 g/mol. The number of aromatic nitrogens is 4. The second-order valence-electron chi connectivity index (χ2n) is 11.3. The molecule has 0 atom stereocenters. The van der Waals surface area contributed by atoms with Gasteiger partial charge in [0.1, 0.15) is 23.6 Å². The molecule has 1 aliphatic rings. The van der Waals surface area contributed by atoms with Gasteiger partial charge in [0.25, 0.3) is 5.91 Å². The van der Waals surface area contributed by atoms with Gasteiger partial charge in [-0.2, -0.15) is 5.10 Å². The number of benzene rings is 2. The summed E-state index contributed by atoms with van der Waals surface area (Å²) in [6.07, 6.45) is 5.37. The van der Waals surface area contributed by atoms with Crippen LogP contribution in [-0.2, 0) is 4.79 Å². The van der Waals surface area contributed by atoms with E-state index < -0.39 is 0 Å². The average molecular weight is 661 g/mol. The maximum atomic E-state index is 12.7. The molecule has 1 aliphatic heterocycles. The van der Waals surface area contributed by atoms with Gasteiger partial charge in [-0.25, -0.2) is 14.5 Å². The van der Waals surface area contributed by atoms with Crippen molar-refractivity contribution in [2.75, 3.05) is 44.5 Å². The summed E-state index contributed by atoms with van der Waals surface area (Å²) in [4.78, 5) is 24.4. The van der Waals surface area contributed by atoms with E-state index in [1.807, 2.05) is 18.2 Å². The van der Waals surface area contributed by atoms with Crippen LogP contribution < -0.4 is 20.1 Å². The highest BCUT2D eigenvalue weighted by atomic mass is 35.5. The highest BCUT2D eigenvalue weighted by molar-refractivity contribution is 6.41. The van der Waals surface area contributed by atoms with E-state index in [0.29, 0.717) is 67.0 Å². The number of pyridine rings is 2. The molecule has 1 fully saturated rings. The van der Waals surface area contributed by atoms with Crippen molar-refractivity contribution < 1.29 is 14.3 Å². The fourth-order valence-corrected chi connectivity index (χ4v) is 6.63. The van der Waals surface area contributed by atoms with E-state index in [4.69, 9.17) is 37.7 Å². The van der Waals surface area contributed by atoms with E-state index in [9.17, 15) is 4.79 Å². The quantitative estimate of drug-likeness (QED) is 0.155. The molecule has 0 radical (unpaired) electrons. The Morgan fingerprint density at radius 2 is 1.74 bits per heavy atom. The molecule has 0 aliphatic carbocycles. The van der Waals surface area contributed by atoms with Crippen LogP contribution in [0.3, 0.4) is 0 Å². The van der Waals surface area contributed by atoms with Crippen molar-refractivity contribution in [3.05, 3.63) is 76.7 Å². The zero-order chi connectivity index (χ0) is 32.5. The number of nitrogens with one attached hydrogen (secondary N) is 2. The first-order chi connectivity index (χ1) is 22.2. The molecule has 5 aromatic rings. The number of amides is 1. The number of rotatable bonds is 9. The zero-order valence-electron chi connectivity index (χ0n) is 26.2. The van der Waals surface area contributed by atoms with E-state index >= 15 is 0 Å². The molecule has 6 rings (SSSR count). The third-order valence-corrected chi connectivity index (χ3v) is 9.27. The summed E-state index contributed by atoms with van der Waals surface area (Å²) in [5.74, 6) is 1.58. The lowest BCUT2D eigenvalue weighted by atomic mass is 9.89. The molecule has 46 heavy (non-hydrogen) atoms. The normalized spacial score (nSPS) is 14.0. The number of fused-ring (bicyclic) bond motifs is 3. The predicted molar refractivity (Wildman–Crippen MR) is 184 cm³/mol. The van der Waals surface area contributed by atoms with E-state index in [-0.39, 0.29) is 5.91 Å². The molecule has 0 spiro atoms. The van der Waals surface area contributed by atoms with Gasteiger partial charge in [0.15, 0.2) is 5.65 Å². The van der Waals surface area contributed by atoms with Crippen LogP contribution in [0.15, 0.2) is 61.1 Å². The molecule has 1 saturated heterocycles.